The third-order valence-electron chi connectivity index (χ3n) is 5.75. The van der Waals surface area contributed by atoms with Crippen LogP contribution in [0.4, 0.5) is 0 Å². The van der Waals surface area contributed by atoms with E-state index < -0.39 is 10.0 Å². The van der Waals surface area contributed by atoms with E-state index in [1.807, 2.05) is 18.2 Å². The third kappa shape index (κ3) is 5.76. The molecule has 1 aliphatic rings. The highest BCUT2D eigenvalue weighted by atomic mass is 35.5. The van der Waals surface area contributed by atoms with E-state index in [-0.39, 0.29) is 29.9 Å². The lowest BCUT2D eigenvalue weighted by molar-refractivity contribution is -0.122. The summed E-state index contributed by atoms with van der Waals surface area (Å²) >= 11 is 11.9. The molecule has 0 bridgehead atoms. The molecule has 8 heteroatoms. The molecule has 1 atom stereocenters. The fourth-order valence-corrected chi connectivity index (χ4v) is 5.72. The number of hydrogen-bond donors (Lipinski definition) is 1. The van der Waals surface area contributed by atoms with Gasteiger partial charge in [0.1, 0.15) is 0 Å². The van der Waals surface area contributed by atoms with Gasteiger partial charge < -0.3 is 5.32 Å². The van der Waals surface area contributed by atoms with Gasteiger partial charge in [-0.2, -0.15) is 4.31 Å². The molecule has 1 amide bonds. The van der Waals surface area contributed by atoms with Crippen LogP contribution in [0.1, 0.15) is 35.6 Å². The van der Waals surface area contributed by atoms with Crippen LogP contribution < -0.4 is 5.32 Å². The minimum absolute atomic E-state index is 0.0385. The predicted molar refractivity (Wildman–Crippen MR) is 131 cm³/mol. The van der Waals surface area contributed by atoms with Gasteiger partial charge in [0.05, 0.1) is 17.5 Å². The summed E-state index contributed by atoms with van der Waals surface area (Å²) in [5.41, 5.74) is 3.05. The molecule has 33 heavy (non-hydrogen) atoms. The lowest BCUT2D eigenvalue weighted by Crippen LogP contribution is -2.42. The summed E-state index contributed by atoms with van der Waals surface area (Å²) in [6.45, 7) is -0.261. The summed E-state index contributed by atoms with van der Waals surface area (Å²) in [4.78, 5) is 13.1. The number of hydrogen-bond acceptors (Lipinski definition) is 3. The van der Waals surface area contributed by atoms with Crippen LogP contribution in [0.3, 0.4) is 0 Å². The van der Waals surface area contributed by atoms with Crippen LogP contribution in [-0.4, -0.2) is 25.2 Å². The molecule has 1 N–H and O–H groups in total. The molecule has 0 fully saturated rings. The Hall–Kier alpha value is -2.38. The maximum absolute atomic E-state index is 13.4. The van der Waals surface area contributed by atoms with Crippen molar-refractivity contribution in [3.05, 3.63) is 99.5 Å². The third-order valence-corrected chi connectivity index (χ3v) is 8.06. The van der Waals surface area contributed by atoms with Crippen LogP contribution in [0.5, 0.6) is 0 Å². The van der Waals surface area contributed by atoms with Gasteiger partial charge in [0.25, 0.3) is 0 Å². The molecule has 0 heterocycles. The van der Waals surface area contributed by atoms with Crippen LogP contribution in [0.25, 0.3) is 0 Å². The number of rotatable bonds is 7. The fourth-order valence-electron chi connectivity index (χ4n) is 4.08. The van der Waals surface area contributed by atoms with Crippen molar-refractivity contribution < 1.29 is 13.2 Å². The Balaban J connectivity index is 1.57. The van der Waals surface area contributed by atoms with Gasteiger partial charge in [-0.15, -0.1) is 0 Å². The average molecular weight is 503 g/mol. The number of benzene rings is 3. The number of sulfonamides is 1. The molecule has 1 unspecified atom stereocenters. The highest BCUT2D eigenvalue weighted by molar-refractivity contribution is 7.89. The molecule has 0 saturated carbocycles. The number of carbonyl (C=O) groups is 1. The zero-order valence-electron chi connectivity index (χ0n) is 17.9. The van der Waals surface area contributed by atoms with Gasteiger partial charge in [-0.05, 0) is 72.4 Å². The van der Waals surface area contributed by atoms with Crippen molar-refractivity contribution in [2.75, 3.05) is 6.54 Å². The van der Waals surface area contributed by atoms with Gasteiger partial charge in [-0.3, -0.25) is 4.79 Å². The van der Waals surface area contributed by atoms with Crippen molar-refractivity contribution in [1.82, 2.24) is 9.62 Å². The topological polar surface area (TPSA) is 66.5 Å². The van der Waals surface area contributed by atoms with Gasteiger partial charge in [-0.1, -0.05) is 59.6 Å². The van der Waals surface area contributed by atoms with Crippen molar-refractivity contribution in [2.45, 2.75) is 36.7 Å². The Morgan fingerprint density at radius 3 is 2.27 bits per heavy atom. The first-order valence-electron chi connectivity index (χ1n) is 10.7. The van der Waals surface area contributed by atoms with Crippen molar-refractivity contribution in [3.63, 3.8) is 0 Å². The van der Waals surface area contributed by atoms with Crippen LogP contribution in [0, 0.1) is 0 Å². The summed E-state index contributed by atoms with van der Waals surface area (Å²) in [6, 6.07) is 20.8. The highest BCUT2D eigenvalue weighted by Crippen LogP contribution is 2.29. The van der Waals surface area contributed by atoms with Gasteiger partial charge in [0.2, 0.25) is 15.9 Å². The standard InChI is InChI=1S/C25H24Cl2N2O3S/c26-20-10-8-18(9-11-20)16-29(33(31,32)22-14-12-21(27)13-15-22)17-25(30)28-24-7-3-5-19-4-1-2-6-23(19)24/h1-2,4,6,8-15,24H,3,5,7,16-17H2,(H,28,30). The molecule has 5 nitrogen and oxygen atoms in total. The van der Waals surface area contributed by atoms with Crippen LogP contribution >= 0.6 is 23.2 Å². The summed E-state index contributed by atoms with van der Waals surface area (Å²) < 4.78 is 28.0. The highest BCUT2D eigenvalue weighted by Gasteiger charge is 2.29. The second-order valence-corrected chi connectivity index (χ2v) is 10.9. The molecule has 0 spiro atoms. The first-order chi connectivity index (χ1) is 15.8. The van der Waals surface area contributed by atoms with E-state index in [1.54, 1.807) is 24.3 Å². The summed E-state index contributed by atoms with van der Waals surface area (Å²) in [5, 5.41) is 4.04. The largest absolute Gasteiger partial charge is 0.348 e. The molecule has 3 aromatic carbocycles. The number of nitrogens with zero attached hydrogens (tertiary/aromatic N) is 1. The lowest BCUT2D eigenvalue weighted by atomic mass is 9.88. The molecular weight excluding hydrogens is 479 g/mol. The number of amides is 1. The predicted octanol–water partition coefficient (Wildman–Crippen LogP) is 5.38. The Morgan fingerprint density at radius 1 is 0.939 bits per heavy atom. The minimum atomic E-state index is -3.94. The first-order valence-corrected chi connectivity index (χ1v) is 12.9. The second-order valence-electron chi connectivity index (χ2n) is 8.06. The van der Waals surface area contributed by atoms with Crippen LogP contribution in [0.2, 0.25) is 10.0 Å². The van der Waals surface area contributed by atoms with Crippen molar-refractivity contribution in [3.8, 4) is 0 Å². The molecular formula is C25H24Cl2N2O3S. The maximum Gasteiger partial charge on any atom is 0.243 e. The summed E-state index contributed by atoms with van der Waals surface area (Å²) in [5.74, 6) is -0.344. The van der Waals surface area contributed by atoms with Gasteiger partial charge >= 0.3 is 0 Å². The molecule has 0 aromatic heterocycles. The van der Waals surface area contributed by atoms with Gasteiger partial charge in [0, 0.05) is 16.6 Å². The minimum Gasteiger partial charge on any atom is -0.348 e. The van der Waals surface area contributed by atoms with Crippen LogP contribution in [-0.2, 0) is 27.8 Å². The average Bonchev–Trinajstić information content (AvgIpc) is 2.80. The quantitative estimate of drug-likeness (QED) is 0.471. The SMILES string of the molecule is O=C(CN(Cc1ccc(Cl)cc1)S(=O)(=O)c1ccc(Cl)cc1)NC1CCCc2ccccc21. The van der Waals surface area contributed by atoms with E-state index in [1.165, 1.54) is 34.1 Å². The smallest absolute Gasteiger partial charge is 0.243 e. The maximum atomic E-state index is 13.4. The Labute approximate surface area is 204 Å². The Morgan fingerprint density at radius 2 is 1.58 bits per heavy atom. The van der Waals surface area contributed by atoms with Crippen molar-refractivity contribution in [2.24, 2.45) is 0 Å². The molecule has 0 aliphatic heterocycles. The van der Waals surface area contributed by atoms with Crippen molar-refractivity contribution >= 4 is 39.1 Å². The fraction of sp³-hybridized carbons (Fsp3) is 0.240. The zero-order chi connectivity index (χ0) is 23.4. The van der Waals surface area contributed by atoms with Gasteiger partial charge in [-0.25, -0.2) is 8.42 Å². The van der Waals surface area contributed by atoms with E-state index in [2.05, 4.69) is 11.4 Å². The second kappa shape index (κ2) is 10.3. The van der Waals surface area contributed by atoms with E-state index in [0.717, 1.165) is 30.4 Å². The van der Waals surface area contributed by atoms with Gasteiger partial charge in [0.15, 0.2) is 0 Å². The Kier molecular flexibility index (Phi) is 7.39. The van der Waals surface area contributed by atoms with Crippen molar-refractivity contribution in [1.29, 1.82) is 0 Å². The number of aryl methyl sites for hydroxylation is 1. The van der Waals surface area contributed by atoms with E-state index >= 15 is 0 Å². The molecule has 1 aliphatic carbocycles. The Bertz CT molecular complexity index is 1230. The first kappa shape index (κ1) is 23.8. The zero-order valence-corrected chi connectivity index (χ0v) is 20.2. The van der Waals surface area contributed by atoms with Crippen LogP contribution in [0.15, 0.2) is 77.7 Å². The van der Waals surface area contributed by atoms with E-state index in [9.17, 15) is 13.2 Å². The number of halogens is 2. The lowest BCUT2D eigenvalue weighted by Gasteiger charge is -2.28. The number of nitrogens with one attached hydrogen (secondary N) is 1. The van der Waals surface area contributed by atoms with E-state index in [4.69, 9.17) is 23.2 Å². The summed E-state index contributed by atoms with van der Waals surface area (Å²) in [7, 11) is -3.94. The number of fused-ring (bicyclic) bond motifs is 1. The monoisotopic (exact) mass is 502 g/mol. The molecule has 0 radical (unpaired) electrons. The summed E-state index contributed by atoms with van der Waals surface area (Å²) in [6.07, 6.45) is 2.78. The molecule has 0 saturated heterocycles. The molecule has 4 rings (SSSR count). The van der Waals surface area contributed by atoms with E-state index in [0.29, 0.717) is 10.0 Å². The molecule has 172 valence electrons. The normalized spacial score (nSPS) is 15.8. The molecule has 3 aromatic rings. The number of carbonyl (C=O) groups excluding carboxylic acids is 1.